The van der Waals surface area contributed by atoms with E-state index >= 15 is 0 Å². The number of fused-ring (bicyclic) bond motifs is 1. The maximum atomic E-state index is 13.8. The average molecular weight is 451 g/mol. The minimum atomic E-state index is -1.59. The van der Waals surface area contributed by atoms with Crippen molar-refractivity contribution in [3.05, 3.63) is 58.7 Å². The van der Waals surface area contributed by atoms with Crippen molar-refractivity contribution < 1.29 is 24.6 Å². The van der Waals surface area contributed by atoms with Crippen molar-refractivity contribution in [3.8, 4) is 5.75 Å². The predicted octanol–water partition coefficient (Wildman–Crippen LogP) is 3.64. The second-order valence-corrected chi connectivity index (χ2v) is 9.41. The van der Waals surface area contributed by atoms with Gasteiger partial charge in [-0.1, -0.05) is 50.6 Å². The number of carboxylic acid groups (broad SMARTS) is 1. The van der Waals surface area contributed by atoms with Gasteiger partial charge in [-0.3, -0.25) is 19.7 Å². The van der Waals surface area contributed by atoms with Crippen LogP contribution in [0, 0.1) is 38.5 Å². The highest BCUT2D eigenvalue weighted by Gasteiger charge is 2.70. The van der Waals surface area contributed by atoms with Crippen LogP contribution in [0.3, 0.4) is 0 Å². The number of nitrogens with one attached hydrogen (secondary N) is 1. The fraction of sp³-hybridized carbons (Fsp3) is 0.423. The molecule has 4 rings (SSSR count). The van der Waals surface area contributed by atoms with E-state index in [9.17, 15) is 24.6 Å². The summed E-state index contributed by atoms with van der Waals surface area (Å²) in [6.07, 6.45) is 0.523. The van der Waals surface area contributed by atoms with Gasteiger partial charge in [0.05, 0.1) is 17.5 Å². The van der Waals surface area contributed by atoms with E-state index in [1.165, 1.54) is 4.90 Å². The summed E-state index contributed by atoms with van der Waals surface area (Å²) in [5, 5.41) is 24.0. The molecule has 5 unspecified atom stereocenters. The Morgan fingerprint density at radius 2 is 1.70 bits per heavy atom. The van der Waals surface area contributed by atoms with E-state index in [1.54, 1.807) is 38.1 Å². The first-order valence-electron chi connectivity index (χ1n) is 11.3. The number of carboxylic acids is 1. The molecule has 2 aliphatic heterocycles. The Morgan fingerprint density at radius 3 is 2.24 bits per heavy atom. The van der Waals surface area contributed by atoms with E-state index in [-0.39, 0.29) is 5.75 Å². The number of benzene rings is 2. The molecule has 7 heteroatoms. The van der Waals surface area contributed by atoms with Gasteiger partial charge < -0.3 is 10.2 Å². The van der Waals surface area contributed by atoms with E-state index in [0.29, 0.717) is 28.8 Å². The molecule has 0 spiro atoms. The van der Waals surface area contributed by atoms with Crippen molar-refractivity contribution in [2.45, 2.75) is 52.6 Å². The summed E-state index contributed by atoms with van der Waals surface area (Å²) in [5.74, 6) is -4.16. The molecule has 5 atom stereocenters. The molecule has 2 heterocycles. The van der Waals surface area contributed by atoms with E-state index in [2.05, 4.69) is 5.32 Å². The first-order valence-corrected chi connectivity index (χ1v) is 11.3. The number of carbonyl (C=O) groups is 3. The topological polar surface area (TPSA) is 107 Å². The Bertz CT molecular complexity index is 1140. The summed E-state index contributed by atoms with van der Waals surface area (Å²) < 4.78 is 0. The van der Waals surface area contributed by atoms with Crippen molar-refractivity contribution in [1.29, 1.82) is 0 Å². The van der Waals surface area contributed by atoms with Crippen LogP contribution in [0.5, 0.6) is 5.75 Å². The summed E-state index contributed by atoms with van der Waals surface area (Å²) in [7, 11) is 0. The lowest BCUT2D eigenvalue weighted by atomic mass is 9.72. The number of amides is 2. The van der Waals surface area contributed by atoms with E-state index in [0.717, 1.165) is 5.56 Å². The fourth-order valence-electron chi connectivity index (χ4n) is 5.63. The van der Waals surface area contributed by atoms with Gasteiger partial charge in [-0.05, 0) is 55.0 Å². The van der Waals surface area contributed by atoms with Crippen LogP contribution >= 0.6 is 0 Å². The van der Waals surface area contributed by atoms with Crippen LogP contribution in [-0.2, 0) is 14.4 Å². The van der Waals surface area contributed by atoms with Crippen molar-refractivity contribution in [3.63, 3.8) is 0 Å². The van der Waals surface area contributed by atoms with Gasteiger partial charge in [0, 0.05) is 6.04 Å². The smallest absolute Gasteiger partial charge is 0.325 e. The third kappa shape index (κ3) is 3.17. The molecule has 0 aromatic heterocycles. The summed E-state index contributed by atoms with van der Waals surface area (Å²) in [5.41, 5.74) is 1.62. The SMILES string of the molecule is CCC(C)C1(C(=O)O)NC(c2cc(C)c(O)c(C)c2)C2C(=O)N(c3ccccc3C)C(=O)C21. The molecule has 0 bridgehead atoms. The first-order chi connectivity index (χ1) is 15.6. The lowest BCUT2D eigenvalue weighted by molar-refractivity contribution is -0.151. The molecular weight excluding hydrogens is 420 g/mol. The van der Waals surface area contributed by atoms with E-state index < -0.39 is 47.1 Å². The molecule has 2 aliphatic rings. The molecule has 33 heavy (non-hydrogen) atoms. The number of hydrogen-bond acceptors (Lipinski definition) is 5. The van der Waals surface area contributed by atoms with Crippen LogP contribution in [0.4, 0.5) is 5.69 Å². The average Bonchev–Trinajstić information content (AvgIpc) is 3.26. The number of phenolic OH excluding ortho intramolecular Hbond substituents is 1. The van der Waals surface area contributed by atoms with Gasteiger partial charge in [0.1, 0.15) is 11.3 Å². The van der Waals surface area contributed by atoms with E-state index in [1.807, 2.05) is 32.9 Å². The molecule has 0 aliphatic carbocycles. The van der Waals surface area contributed by atoms with Gasteiger partial charge in [-0.15, -0.1) is 0 Å². The number of hydrogen-bond donors (Lipinski definition) is 3. The minimum Gasteiger partial charge on any atom is -0.507 e. The van der Waals surface area contributed by atoms with E-state index in [4.69, 9.17) is 0 Å². The third-order valence-corrected chi connectivity index (χ3v) is 7.57. The molecule has 2 saturated heterocycles. The Balaban J connectivity index is 1.94. The summed E-state index contributed by atoms with van der Waals surface area (Å²) in [4.78, 5) is 41.6. The molecule has 2 aromatic rings. The van der Waals surface area contributed by atoms with Crippen LogP contribution in [0.1, 0.15) is 48.6 Å². The Labute approximate surface area is 193 Å². The van der Waals surface area contributed by atoms with Gasteiger partial charge in [-0.25, -0.2) is 4.90 Å². The molecule has 3 N–H and O–H groups in total. The minimum absolute atomic E-state index is 0.162. The number of carbonyl (C=O) groups excluding carboxylic acids is 2. The Morgan fingerprint density at radius 1 is 1.09 bits per heavy atom. The summed E-state index contributed by atoms with van der Waals surface area (Å²) >= 11 is 0. The second-order valence-electron chi connectivity index (χ2n) is 9.41. The lowest BCUT2D eigenvalue weighted by Crippen LogP contribution is -2.59. The fourth-order valence-corrected chi connectivity index (χ4v) is 5.63. The molecule has 174 valence electrons. The van der Waals surface area contributed by atoms with Crippen LogP contribution in [0.25, 0.3) is 0 Å². The lowest BCUT2D eigenvalue weighted by Gasteiger charge is -2.36. The maximum Gasteiger partial charge on any atom is 0.325 e. The number of aliphatic carboxylic acids is 1. The Kier molecular flexibility index (Phi) is 5.56. The number of anilines is 1. The monoisotopic (exact) mass is 450 g/mol. The summed E-state index contributed by atoms with van der Waals surface area (Å²) in [6.45, 7) is 9.04. The Hall–Kier alpha value is -3.19. The molecule has 0 saturated carbocycles. The quantitative estimate of drug-likeness (QED) is 0.601. The zero-order valence-corrected chi connectivity index (χ0v) is 19.5. The van der Waals surface area contributed by atoms with Crippen molar-refractivity contribution in [1.82, 2.24) is 5.32 Å². The van der Waals surface area contributed by atoms with Crippen LogP contribution < -0.4 is 10.2 Å². The van der Waals surface area contributed by atoms with Gasteiger partial charge >= 0.3 is 5.97 Å². The maximum absolute atomic E-state index is 13.8. The van der Waals surface area contributed by atoms with Gasteiger partial charge in [0.15, 0.2) is 0 Å². The number of nitrogens with zero attached hydrogens (tertiary/aromatic N) is 1. The number of para-hydroxylation sites is 1. The molecule has 0 radical (unpaired) electrons. The molecule has 2 amide bonds. The molecular formula is C26H30N2O5. The number of aryl methyl sites for hydroxylation is 3. The zero-order valence-electron chi connectivity index (χ0n) is 19.5. The predicted molar refractivity (Wildman–Crippen MR) is 124 cm³/mol. The van der Waals surface area contributed by atoms with Crippen molar-refractivity contribution >= 4 is 23.5 Å². The number of rotatable bonds is 5. The first kappa shape index (κ1) is 23.0. The molecule has 7 nitrogen and oxygen atoms in total. The normalized spacial score (nSPS) is 27.7. The van der Waals surface area contributed by atoms with Gasteiger partial charge in [0.25, 0.3) is 0 Å². The second kappa shape index (κ2) is 7.99. The molecule has 2 fully saturated rings. The zero-order chi connectivity index (χ0) is 24.2. The number of imide groups is 1. The largest absolute Gasteiger partial charge is 0.507 e. The van der Waals surface area contributed by atoms with Crippen LogP contribution in [0.15, 0.2) is 36.4 Å². The number of aromatic hydroxyl groups is 1. The standard InChI is InChI=1S/C26H30N2O5/c1-6-16(5)26(25(32)33)20-19(21(27-26)17-11-14(3)22(29)15(4)12-17)23(30)28(24(20)31)18-10-8-7-9-13(18)2/h7-12,16,19-21,27,29H,6H2,1-5H3,(H,32,33). The van der Waals surface area contributed by atoms with Gasteiger partial charge in [0.2, 0.25) is 11.8 Å². The summed E-state index contributed by atoms with van der Waals surface area (Å²) in [6, 6.07) is 9.99. The highest BCUT2D eigenvalue weighted by Crippen LogP contribution is 2.53. The highest BCUT2D eigenvalue weighted by molar-refractivity contribution is 6.24. The third-order valence-electron chi connectivity index (χ3n) is 7.57. The van der Waals surface area contributed by atoms with Crippen LogP contribution in [0.2, 0.25) is 0 Å². The van der Waals surface area contributed by atoms with Crippen molar-refractivity contribution in [2.24, 2.45) is 17.8 Å². The number of phenols is 1. The molecule has 2 aromatic carbocycles. The van der Waals surface area contributed by atoms with Gasteiger partial charge in [-0.2, -0.15) is 0 Å². The van der Waals surface area contributed by atoms with Crippen molar-refractivity contribution in [2.75, 3.05) is 4.90 Å². The van der Waals surface area contributed by atoms with Crippen LogP contribution in [-0.4, -0.2) is 33.5 Å². The highest BCUT2D eigenvalue weighted by atomic mass is 16.4.